The Morgan fingerprint density at radius 2 is 1.77 bits per heavy atom. The summed E-state index contributed by atoms with van der Waals surface area (Å²) >= 11 is 0. The van der Waals surface area contributed by atoms with E-state index in [2.05, 4.69) is 42.2 Å². The van der Waals surface area contributed by atoms with Crippen molar-refractivity contribution in [2.24, 2.45) is 0 Å². The van der Waals surface area contributed by atoms with Crippen molar-refractivity contribution < 1.29 is 26.4 Å². The molecular weight excluding hydrogens is 589 g/mol. The quantitative estimate of drug-likeness (QED) is 0.258. The first-order chi connectivity index (χ1) is 20.6. The molecular formula is C33H37F3N4O3S. The second kappa shape index (κ2) is 13.5. The number of sulfonamides is 1. The fourth-order valence-corrected chi connectivity index (χ4v) is 6.59. The number of carbonyl (C=O) groups is 1. The van der Waals surface area contributed by atoms with Crippen LogP contribution in [0, 0.1) is 11.3 Å². The Labute approximate surface area is 256 Å². The molecule has 0 spiro atoms. The van der Waals surface area contributed by atoms with Crippen molar-refractivity contribution in [1.82, 2.24) is 15.4 Å². The van der Waals surface area contributed by atoms with E-state index in [1.165, 1.54) is 0 Å². The highest BCUT2D eigenvalue weighted by atomic mass is 32.2. The van der Waals surface area contributed by atoms with Crippen molar-refractivity contribution in [2.75, 3.05) is 0 Å². The minimum absolute atomic E-state index is 0.0263. The zero-order chi connectivity index (χ0) is 32.1. The summed E-state index contributed by atoms with van der Waals surface area (Å²) in [4.78, 5) is 12.8. The summed E-state index contributed by atoms with van der Waals surface area (Å²) in [5.41, 5.74) is 3.17. The van der Waals surface area contributed by atoms with E-state index >= 15 is 0 Å². The van der Waals surface area contributed by atoms with E-state index in [0.29, 0.717) is 23.7 Å². The first-order valence-corrected chi connectivity index (χ1v) is 16.0. The summed E-state index contributed by atoms with van der Waals surface area (Å²) in [6, 6.07) is 17.0. The lowest BCUT2D eigenvalue weighted by atomic mass is 9.86. The van der Waals surface area contributed by atoms with Crippen molar-refractivity contribution in [2.45, 2.75) is 88.1 Å². The lowest BCUT2D eigenvalue weighted by Crippen LogP contribution is -2.41. The molecule has 44 heavy (non-hydrogen) atoms. The van der Waals surface area contributed by atoms with Gasteiger partial charge >= 0.3 is 6.18 Å². The Hall–Kier alpha value is -3.72. The summed E-state index contributed by atoms with van der Waals surface area (Å²) in [5, 5.41) is 15.8. The molecule has 2 atom stereocenters. The highest BCUT2D eigenvalue weighted by Gasteiger charge is 2.32. The second-order valence-electron chi connectivity index (χ2n) is 12.2. The van der Waals surface area contributed by atoms with Crippen molar-refractivity contribution in [3.05, 3.63) is 100 Å². The van der Waals surface area contributed by atoms with Crippen LogP contribution in [0.25, 0.3) is 0 Å². The van der Waals surface area contributed by atoms with Crippen molar-refractivity contribution in [3.8, 4) is 6.07 Å². The number of fused-ring (bicyclic) bond motifs is 1. The molecule has 4 rings (SSSR count). The number of nitriles is 1. The van der Waals surface area contributed by atoms with E-state index in [-0.39, 0.29) is 24.4 Å². The van der Waals surface area contributed by atoms with Crippen LogP contribution >= 0.6 is 0 Å². The maximum atomic E-state index is 13.4. The van der Waals surface area contributed by atoms with Gasteiger partial charge in [0.1, 0.15) is 0 Å². The molecule has 11 heteroatoms. The van der Waals surface area contributed by atoms with Gasteiger partial charge in [-0.1, -0.05) is 36.4 Å². The number of hydrogen-bond donors (Lipinski definition) is 3. The lowest BCUT2D eigenvalue weighted by molar-refractivity contribution is -0.137. The monoisotopic (exact) mass is 626 g/mol. The number of amides is 1. The molecule has 3 aromatic carbocycles. The van der Waals surface area contributed by atoms with Crippen LogP contribution in [0.15, 0.2) is 71.6 Å². The molecule has 0 aromatic heterocycles. The minimum atomic E-state index is -4.72. The van der Waals surface area contributed by atoms with Gasteiger partial charge in [-0.3, -0.25) is 4.79 Å². The van der Waals surface area contributed by atoms with Crippen LogP contribution in [0.2, 0.25) is 0 Å². The number of rotatable bonds is 10. The van der Waals surface area contributed by atoms with Gasteiger partial charge in [0.15, 0.2) is 0 Å². The van der Waals surface area contributed by atoms with E-state index < -0.39 is 38.6 Å². The van der Waals surface area contributed by atoms with Crippen molar-refractivity contribution in [3.63, 3.8) is 0 Å². The molecule has 0 saturated carbocycles. The third-order valence-corrected chi connectivity index (χ3v) is 8.96. The van der Waals surface area contributed by atoms with Crippen molar-refractivity contribution >= 4 is 15.9 Å². The third-order valence-electron chi connectivity index (χ3n) is 7.44. The molecule has 0 aliphatic heterocycles. The fourth-order valence-electron chi connectivity index (χ4n) is 5.31. The molecule has 0 unspecified atom stereocenters. The zero-order valence-corrected chi connectivity index (χ0v) is 25.8. The number of carbonyl (C=O) groups excluding carboxylic acids is 1. The van der Waals surface area contributed by atoms with Crippen LogP contribution in [0.3, 0.4) is 0 Å². The molecule has 234 valence electrons. The largest absolute Gasteiger partial charge is 0.416 e. The first-order valence-electron chi connectivity index (χ1n) is 14.5. The Morgan fingerprint density at radius 3 is 2.48 bits per heavy atom. The molecule has 0 bridgehead atoms. The molecule has 0 radical (unpaired) electrons. The molecule has 7 nitrogen and oxygen atoms in total. The summed E-state index contributed by atoms with van der Waals surface area (Å²) in [6.45, 7) is 7.02. The van der Waals surface area contributed by atoms with Gasteiger partial charge in [0.25, 0.3) is 0 Å². The number of nitrogens with one attached hydrogen (secondary N) is 3. The van der Waals surface area contributed by atoms with Crippen molar-refractivity contribution in [1.29, 1.82) is 5.26 Å². The Morgan fingerprint density at radius 1 is 1.02 bits per heavy atom. The molecule has 1 aliphatic carbocycles. The topological polar surface area (TPSA) is 111 Å². The Kier molecular flexibility index (Phi) is 10.2. The number of aryl methyl sites for hydroxylation is 1. The molecule has 3 aromatic rings. The van der Waals surface area contributed by atoms with Gasteiger partial charge in [0, 0.05) is 24.5 Å². The van der Waals surface area contributed by atoms with E-state index in [9.17, 15) is 31.6 Å². The molecule has 3 N–H and O–H groups in total. The average Bonchev–Trinajstić information content (AvgIpc) is 2.95. The second-order valence-corrected chi connectivity index (χ2v) is 13.9. The van der Waals surface area contributed by atoms with Crippen LogP contribution in [0.4, 0.5) is 13.2 Å². The number of benzene rings is 3. The summed E-state index contributed by atoms with van der Waals surface area (Å²) < 4.78 is 68.8. The molecule has 1 amide bonds. The highest BCUT2D eigenvalue weighted by molar-refractivity contribution is 7.89. The minimum Gasteiger partial charge on any atom is -0.349 e. The van der Waals surface area contributed by atoms with E-state index in [0.717, 1.165) is 54.2 Å². The smallest absolute Gasteiger partial charge is 0.349 e. The van der Waals surface area contributed by atoms with Gasteiger partial charge in [-0.25, -0.2) is 13.1 Å². The van der Waals surface area contributed by atoms with E-state index in [1.807, 2.05) is 18.2 Å². The molecule has 0 heterocycles. The van der Waals surface area contributed by atoms with Crippen LogP contribution in [0.5, 0.6) is 0 Å². The predicted octanol–water partition coefficient (Wildman–Crippen LogP) is 5.94. The third kappa shape index (κ3) is 9.14. The number of halogens is 3. The molecule has 0 saturated heterocycles. The summed E-state index contributed by atoms with van der Waals surface area (Å²) in [6.07, 6.45) is -2.44. The summed E-state index contributed by atoms with van der Waals surface area (Å²) in [5.74, 6) is -0.394. The zero-order valence-electron chi connectivity index (χ0n) is 25.0. The van der Waals surface area contributed by atoms with Gasteiger partial charge in [0.05, 0.1) is 28.1 Å². The number of alkyl halides is 3. The molecule has 0 fully saturated rings. The Balaban J connectivity index is 1.53. The predicted molar refractivity (Wildman–Crippen MR) is 162 cm³/mol. The van der Waals surface area contributed by atoms with Crippen LogP contribution in [-0.4, -0.2) is 25.9 Å². The van der Waals surface area contributed by atoms with Gasteiger partial charge < -0.3 is 10.6 Å². The van der Waals surface area contributed by atoms with Gasteiger partial charge in [0.2, 0.25) is 15.9 Å². The highest BCUT2D eigenvalue weighted by Crippen LogP contribution is 2.32. The maximum Gasteiger partial charge on any atom is 0.416 e. The lowest BCUT2D eigenvalue weighted by Gasteiger charge is -2.28. The van der Waals surface area contributed by atoms with E-state index in [4.69, 9.17) is 0 Å². The van der Waals surface area contributed by atoms with Crippen LogP contribution < -0.4 is 15.4 Å². The number of nitrogens with zero attached hydrogens (tertiary/aromatic N) is 1. The Bertz CT molecular complexity index is 1640. The van der Waals surface area contributed by atoms with Crippen LogP contribution in [-0.2, 0) is 40.4 Å². The maximum absolute atomic E-state index is 13.4. The SMILES string of the molecule is CC(C)(C)NCc1ccc2c(c1)CCC[C@H]2NC(=O)C[C@@H](Cc1cccc(C#N)c1)NS(=O)(=O)c1cccc(C(F)(F)F)c1. The normalized spacial score (nSPS) is 16.1. The van der Waals surface area contributed by atoms with Gasteiger partial charge in [-0.2, -0.15) is 18.4 Å². The molecule has 1 aliphatic rings. The van der Waals surface area contributed by atoms with Crippen LogP contribution in [0.1, 0.15) is 79.5 Å². The average molecular weight is 627 g/mol. The first kappa shape index (κ1) is 33.2. The number of hydrogen-bond acceptors (Lipinski definition) is 5. The van der Waals surface area contributed by atoms with Gasteiger partial charge in [-0.05, 0) is 99.0 Å². The van der Waals surface area contributed by atoms with E-state index in [1.54, 1.807) is 24.3 Å². The fraction of sp³-hybridized carbons (Fsp3) is 0.394. The summed E-state index contributed by atoms with van der Waals surface area (Å²) in [7, 11) is -4.43. The standard InChI is InChI=1S/C33H37F3N4O3S/c1-32(2,3)38-21-24-13-14-29-25(16-24)9-5-12-30(29)39-31(41)19-27(17-22-7-4-8-23(15-22)20-37)40-44(42,43)28-11-6-10-26(18-28)33(34,35)36/h4,6-8,10-11,13-16,18,27,30,38,40H,5,9,12,17,19,21H2,1-3H3,(H,39,41)/t27-,30-/m1/s1. The van der Waals surface area contributed by atoms with Gasteiger partial charge in [-0.15, -0.1) is 0 Å².